The number of amides is 1. The minimum Gasteiger partial charge on any atom is -0.342 e. The van der Waals surface area contributed by atoms with E-state index < -0.39 is 0 Å². The molecule has 0 spiro atoms. The summed E-state index contributed by atoms with van der Waals surface area (Å²) >= 11 is 0. The third-order valence-electron chi connectivity index (χ3n) is 5.99. The van der Waals surface area contributed by atoms with Gasteiger partial charge in [0.1, 0.15) is 0 Å². The van der Waals surface area contributed by atoms with Gasteiger partial charge in [-0.05, 0) is 54.7 Å². The summed E-state index contributed by atoms with van der Waals surface area (Å²) in [4.78, 5) is 14.1. The van der Waals surface area contributed by atoms with Crippen LogP contribution in [0.15, 0.2) is 48.5 Å². The Morgan fingerprint density at radius 2 is 1.80 bits per heavy atom. The van der Waals surface area contributed by atoms with Crippen LogP contribution in [-0.2, 0) is 16.6 Å². The van der Waals surface area contributed by atoms with Crippen LogP contribution in [0.4, 0.5) is 0 Å². The van der Waals surface area contributed by atoms with Gasteiger partial charge in [0.25, 0.3) is 0 Å². The minimum atomic E-state index is 0.0711. The van der Waals surface area contributed by atoms with Crippen LogP contribution in [0.5, 0.6) is 0 Å². The zero-order valence-electron chi connectivity index (χ0n) is 14.9. The van der Waals surface area contributed by atoms with Crippen molar-refractivity contribution in [3.8, 4) is 11.8 Å². The van der Waals surface area contributed by atoms with E-state index in [9.17, 15) is 4.79 Å². The molecular formula is C23H23NO. The van der Waals surface area contributed by atoms with E-state index in [2.05, 4.69) is 37.0 Å². The lowest BCUT2D eigenvalue weighted by molar-refractivity contribution is -0.138. The quantitative estimate of drug-likeness (QED) is 0.671. The normalized spacial score (nSPS) is 24.8. The van der Waals surface area contributed by atoms with Crippen molar-refractivity contribution < 1.29 is 4.79 Å². The lowest BCUT2D eigenvalue weighted by atomic mass is 9.63. The lowest BCUT2D eigenvalue weighted by Gasteiger charge is -2.50. The maximum Gasteiger partial charge on any atom is 0.222 e. The Morgan fingerprint density at radius 1 is 1.04 bits per heavy atom. The van der Waals surface area contributed by atoms with Gasteiger partial charge in [-0.2, -0.15) is 0 Å². The van der Waals surface area contributed by atoms with Crippen LogP contribution in [0, 0.1) is 11.8 Å². The van der Waals surface area contributed by atoms with Gasteiger partial charge in [0.2, 0.25) is 5.91 Å². The van der Waals surface area contributed by atoms with Gasteiger partial charge in [-0.15, -0.1) is 0 Å². The minimum absolute atomic E-state index is 0.0711. The molecule has 0 radical (unpaired) electrons. The van der Waals surface area contributed by atoms with Crippen molar-refractivity contribution in [1.82, 2.24) is 4.90 Å². The smallest absolute Gasteiger partial charge is 0.222 e. The molecule has 1 amide bonds. The molecule has 1 heterocycles. The van der Waals surface area contributed by atoms with E-state index >= 15 is 0 Å². The summed E-state index contributed by atoms with van der Waals surface area (Å²) in [6.45, 7) is 2.33. The summed E-state index contributed by atoms with van der Waals surface area (Å²) in [5.41, 5.74) is 5.00. The van der Waals surface area contributed by atoms with Crippen molar-refractivity contribution in [3.05, 3.63) is 70.8 Å². The molecular weight excluding hydrogens is 306 g/mol. The van der Waals surface area contributed by atoms with Gasteiger partial charge in [0.05, 0.1) is 0 Å². The van der Waals surface area contributed by atoms with Gasteiger partial charge < -0.3 is 4.90 Å². The van der Waals surface area contributed by atoms with E-state index in [-0.39, 0.29) is 11.3 Å². The molecule has 1 aliphatic carbocycles. The Balaban J connectivity index is 1.67. The second-order valence-electron chi connectivity index (χ2n) is 7.46. The van der Waals surface area contributed by atoms with Crippen LogP contribution in [0.1, 0.15) is 48.4 Å². The molecule has 0 N–H and O–H groups in total. The van der Waals surface area contributed by atoms with Crippen LogP contribution >= 0.6 is 0 Å². The Bertz CT molecular complexity index is 874. The van der Waals surface area contributed by atoms with Crippen molar-refractivity contribution in [2.24, 2.45) is 0 Å². The van der Waals surface area contributed by atoms with Gasteiger partial charge in [-0.3, -0.25) is 4.79 Å². The second-order valence-corrected chi connectivity index (χ2v) is 7.46. The maximum atomic E-state index is 12.1. The number of fused-ring (bicyclic) bond motifs is 3. The number of rotatable bonds is 0. The number of nitrogens with zero attached hydrogens (tertiary/aromatic N) is 1. The summed E-state index contributed by atoms with van der Waals surface area (Å²) < 4.78 is 0. The Hall–Kier alpha value is -2.53. The molecule has 2 nitrogen and oxygen atoms in total. The Kier molecular flexibility index (Phi) is 3.88. The second kappa shape index (κ2) is 6.08. The van der Waals surface area contributed by atoms with Gasteiger partial charge >= 0.3 is 0 Å². The number of carbonyl (C=O) groups is 1. The summed E-state index contributed by atoms with van der Waals surface area (Å²) in [5.74, 6) is 6.83. The van der Waals surface area contributed by atoms with Crippen LogP contribution in [-0.4, -0.2) is 23.9 Å². The highest BCUT2D eigenvalue weighted by atomic mass is 16.2. The molecule has 1 aliphatic heterocycles. The average Bonchev–Trinajstić information content (AvgIpc) is 2.64. The number of hydrogen-bond donors (Lipinski definition) is 0. The van der Waals surface area contributed by atoms with E-state index in [0.717, 1.165) is 30.4 Å². The summed E-state index contributed by atoms with van der Waals surface area (Å²) in [6, 6.07) is 17.1. The van der Waals surface area contributed by atoms with Crippen molar-refractivity contribution in [1.29, 1.82) is 0 Å². The van der Waals surface area contributed by atoms with Crippen molar-refractivity contribution in [2.75, 3.05) is 7.05 Å². The standard InChI is InChI=1S/C23H23NO/c1-23-15-14-22(25)24(2)21(23)13-11-19-16-18(10-12-20(19)23)9-8-17-6-4-3-5-7-17/h3-7,10,12,16,21H,11,13-15H2,1-2H3/t21?,23-/m1/s1. The fourth-order valence-corrected chi connectivity index (χ4v) is 4.53. The molecule has 126 valence electrons. The average molecular weight is 329 g/mol. The first-order chi connectivity index (χ1) is 12.1. The molecule has 2 heteroatoms. The fourth-order valence-electron chi connectivity index (χ4n) is 4.53. The highest BCUT2D eigenvalue weighted by Gasteiger charge is 2.46. The van der Waals surface area contributed by atoms with Crippen molar-refractivity contribution in [3.63, 3.8) is 0 Å². The monoisotopic (exact) mass is 329 g/mol. The largest absolute Gasteiger partial charge is 0.342 e. The number of piperidine rings is 1. The molecule has 0 saturated carbocycles. The third-order valence-corrected chi connectivity index (χ3v) is 5.99. The molecule has 1 saturated heterocycles. The molecule has 2 atom stereocenters. The Labute approximate surface area is 149 Å². The molecule has 25 heavy (non-hydrogen) atoms. The van der Waals surface area contributed by atoms with Crippen molar-refractivity contribution in [2.45, 2.75) is 44.1 Å². The van der Waals surface area contributed by atoms with E-state index in [1.807, 2.05) is 42.3 Å². The van der Waals surface area contributed by atoms with Crippen LogP contribution in [0.2, 0.25) is 0 Å². The van der Waals surface area contributed by atoms with Gasteiger partial charge in [0.15, 0.2) is 0 Å². The molecule has 1 unspecified atom stereocenters. The summed E-state index contributed by atoms with van der Waals surface area (Å²) in [5, 5.41) is 0. The third kappa shape index (κ3) is 2.74. The van der Waals surface area contributed by atoms with E-state index in [1.54, 1.807) is 0 Å². The summed E-state index contributed by atoms with van der Waals surface area (Å²) in [7, 11) is 1.97. The zero-order chi connectivity index (χ0) is 17.4. The maximum absolute atomic E-state index is 12.1. The number of benzene rings is 2. The summed E-state index contributed by atoms with van der Waals surface area (Å²) in [6.07, 6.45) is 3.66. The fraction of sp³-hybridized carbons (Fsp3) is 0.348. The molecule has 2 aromatic rings. The Morgan fingerprint density at radius 3 is 2.60 bits per heavy atom. The first-order valence-electron chi connectivity index (χ1n) is 9.04. The van der Waals surface area contributed by atoms with E-state index in [0.29, 0.717) is 12.5 Å². The first-order valence-corrected chi connectivity index (χ1v) is 9.04. The predicted molar refractivity (Wildman–Crippen MR) is 100 cm³/mol. The predicted octanol–water partition coefficient (Wildman–Crippen LogP) is 3.91. The number of carbonyl (C=O) groups excluding carboxylic acids is 1. The molecule has 1 fully saturated rings. The highest BCUT2D eigenvalue weighted by Crippen LogP contribution is 2.45. The van der Waals surface area contributed by atoms with Crippen LogP contribution < -0.4 is 0 Å². The topological polar surface area (TPSA) is 20.3 Å². The van der Waals surface area contributed by atoms with Crippen LogP contribution in [0.3, 0.4) is 0 Å². The number of likely N-dealkylation sites (tertiary alicyclic amines) is 1. The number of likely N-dealkylation sites (N-methyl/N-ethyl adjacent to an activating group) is 1. The van der Waals surface area contributed by atoms with E-state index in [1.165, 1.54) is 11.1 Å². The van der Waals surface area contributed by atoms with Crippen LogP contribution in [0.25, 0.3) is 0 Å². The molecule has 0 aromatic heterocycles. The van der Waals surface area contributed by atoms with Gasteiger partial charge in [-0.1, -0.05) is 43.0 Å². The number of aryl methyl sites for hydroxylation is 1. The molecule has 2 aromatic carbocycles. The molecule has 2 aliphatic rings. The van der Waals surface area contributed by atoms with Gasteiger partial charge in [0, 0.05) is 36.1 Å². The first kappa shape index (κ1) is 16.0. The van der Waals surface area contributed by atoms with Gasteiger partial charge in [-0.25, -0.2) is 0 Å². The SMILES string of the molecule is CN1C(=O)CC[C@]2(C)c3ccc(C#Cc4ccccc4)cc3CCC12. The molecule has 0 bridgehead atoms. The van der Waals surface area contributed by atoms with E-state index in [4.69, 9.17) is 0 Å². The zero-order valence-corrected chi connectivity index (χ0v) is 14.9. The van der Waals surface area contributed by atoms with Crippen molar-refractivity contribution >= 4 is 5.91 Å². The molecule has 4 rings (SSSR count). The number of hydrogen-bond acceptors (Lipinski definition) is 1. The highest BCUT2D eigenvalue weighted by molar-refractivity contribution is 5.78. The lowest BCUT2D eigenvalue weighted by Crippen LogP contribution is -2.56.